The maximum Gasteiger partial charge on any atom is 0.375 e. The molecule has 0 amide bonds. The van der Waals surface area contributed by atoms with Gasteiger partial charge in [-0.3, -0.25) is 0 Å². The fourth-order valence-electron chi connectivity index (χ4n) is 1.83. The normalized spacial score (nSPS) is 19.4. The lowest BCUT2D eigenvalue weighted by Crippen LogP contribution is -2.36. The zero-order chi connectivity index (χ0) is 10.9. The summed E-state index contributed by atoms with van der Waals surface area (Å²) in [7, 11) is 0. The second-order valence-electron chi connectivity index (χ2n) is 3.68. The number of hydrogen-bond acceptors (Lipinski definition) is 6. The molecular formula is C8H14N4O3. The number of nitrogens with zero attached hydrogens (tertiary/aromatic N) is 3. The summed E-state index contributed by atoms with van der Waals surface area (Å²) in [5, 5.41) is 37.8. The molecule has 7 heteroatoms. The van der Waals surface area contributed by atoms with Crippen LogP contribution < -0.4 is 5.32 Å². The van der Waals surface area contributed by atoms with Crippen LogP contribution in [-0.2, 0) is 6.10 Å². The van der Waals surface area contributed by atoms with Gasteiger partial charge in [0, 0.05) is 5.92 Å². The maximum absolute atomic E-state index is 9.07. The summed E-state index contributed by atoms with van der Waals surface area (Å²) in [5.41, 5.74) is 0. The highest BCUT2D eigenvalue weighted by atomic mass is 16.7. The lowest BCUT2D eigenvalue weighted by molar-refractivity contribution is -0.376. The first-order valence-corrected chi connectivity index (χ1v) is 4.87. The highest BCUT2D eigenvalue weighted by Crippen LogP contribution is 2.24. The van der Waals surface area contributed by atoms with Crippen molar-refractivity contribution in [1.29, 1.82) is 0 Å². The van der Waals surface area contributed by atoms with Gasteiger partial charge in [0.05, 0.1) is 0 Å². The summed E-state index contributed by atoms with van der Waals surface area (Å²) in [4.78, 5) is 0. The average Bonchev–Trinajstić information content (AvgIpc) is 2.67. The number of piperidine rings is 1. The van der Waals surface area contributed by atoms with Gasteiger partial charge in [0.2, 0.25) is 0 Å². The monoisotopic (exact) mass is 214 g/mol. The molecule has 0 aromatic carbocycles. The molecule has 84 valence electrons. The molecule has 1 aliphatic heterocycles. The number of rotatable bonds is 2. The van der Waals surface area contributed by atoms with E-state index in [4.69, 9.17) is 15.3 Å². The number of aliphatic hydroxyl groups is 3. The molecule has 4 N–H and O–H groups in total. The molecule has 15 heavy (non-hydrogen) atoms. The molecule has 1 saturated heterocycles. The van der Waals surface area contributed by atoms with Crippen molar-refractivity contribution in [3.8, 4) is 0 Å². The molecule has 7 nitrogen and oxygen atoms in total. The molecule has 0 atom stereocenters. The van der Waals surface area contributed by atoms with Gasteiger partial charge in [-0.25, -0.2) is 4.57 Å². The van der Waals surface area contributed by atoms with Crippen LogP contribution in [-0.4, -0.2) is 43.2 Å². The Morgan fingerprint density at radius 1 is 1.33 bits per heavy atom. The van der Waals surface area contributed by atoms with Crippen molar-refractivity contribution >= 4 is 0 Å². The fraction of sp³-hybridized carbons (Fsp3) is 0.750. The van der Waals surface area contributed by atoms with Gasteiger partial charge in [-0.2, -0.15) is 0 Å². The molecule has 0 unspecified atom stereocenters. The first-order chi connectivity index (χ1) is 7.09. The molecule has 0 saturated carbocycles. The van der Waals surface area contributed by atoms with Gasteiger partial charge in [-0.15, -0.1) is 10.2 Å². The molecular weight excluding hydrogens is 200 g/mol. The van der Waals surface area contributed by atoms with Crippen LogP contribution in [0.4, 0.5) is 0 Å². The first-order valence-electron chi connectivity index (χ1n) is 4.87. The van der Waals surface area contributed by atoms with E-state index in [0.29, 0.717) is 5.82 Å². The SMILES string of the molecule is OC(O)(O)n1cnnc1C1CCNCC1. The summed E-state index contributed by atoms with van der Waals surface area (Å²) >= 11 is 0. The molecule has 1 fully saturated rings. The van der Waals surface area contributed by atoms with E-state index in [2.05, 4.69) is 15.5 Å². The minimum Gasteiger partial charge on any atom is -0.325 e. The van der Waals surface area contributed by atoms with Crippen LogP contribution in [0.15, 0.2) is 6.33 Å². The van der Waals surface area contributed by atoms with Crippen molar-refractivity contribution in [1.82, 2.24) is 20.1 Å². The largest absolute Gasteiger partial charge is 0.375 e. The van der Waals surface area contributed by atoms with E-state index in [1.165, 1.54) is 0 Å². The molecule has 2 rings (SSSR count). The Kier molecular flexibility index (Phi) is 2.70. The van der Waals surface area contributed by atoms with Crippen LogP contribution >= 0.6 is 0 Å². The topological polar surface area (TPSA) is 103 Å². The van der Waals surface area contributed by atoms with E-state index in [9.17, 15) is 0 Å². The quantitative estimate of drug-likeness (QED) is 0.437. The van der Waals surface area contributed by atoms with Gasteiger partial charge in [0.25, 0.3) is 0 Å². The van der Waals surface area contributed by atoms with Crippen LogP contribution in [0.3, 0.4) is 0 Å². The molecule has 1 aromatic rings. The minimum atomic E-state index is -2.91. The zero-order valence-electron chi connectivity index (χ0n) is 8.17. The predicted octanol–water partition coefficient (Wildman–Crippen LogP) is -1.71. The van der Waals surface area contributed by atoms with Crippen LogP contribution in [0.25, 0.3) is 0 Å². The van der Waals surface area contributed by atoms with E-state index in [-0.39, 0.29) is 5.92 Å². The van der Waals surface area contributed by atoms with Gasteiger partial charge >= 0.3 is 6.10 Å². The first kappa shape index (κ1) is 10.5. The van der Waals surface area contributed by atoms with Crippen LogP contribution in [0.1, 0.15) is 24.6 Å². The Hall–Kier alpha value is -1.02. The number of hydrogen-bond donors (Lipinski definition) is 4. The zero-order valence-corrected chi connectivity index (χ0v) is 8.17. The van der Waals surface area contributed by atoms with Gasteiger partial charge in [-0.05, 0) is 25.9 Å². The summed E-state index contributed by atoms with van der Waals surface area (Å²) in [5.74, 6) is 0.503. The summed E-state index contributed by atoms with van der Waals surface area (Å²) in [6.07, 6.45) is -0.120. The lowest BCUT2D eigenvalue weighted by atomic mass is 9.97. The molecule has 0 spiro atoms. The van der Waals surface area contributed by atoms with Crippen molar-refractivity contribution in [2.24, 2.45) is 0 Å². The van der Waals surface area contributed by atoms with E-state index < -0.39 is 6.10 Å². The number of nitrogens with one attached hydrogen (secondary N) is 1. The molecule has 2 heterocycles. The van der Waals surface area contributed by atoms with E-state index in [1.54, 1.807) is 0 Å². The third-order valence-corrected chi connectivity index (χ3v) is 2.60. The summed E-state index contributed by atoms with van der Waals surface area (Å²) < 4.78 is 0.878. The van der Waals surface area contributed by atoms with Crippen molar-refractivity contribution in [2.45, 2.75) is 24.9 Å². The van der Waals surface area contributed by atoms with E-state index in [1.807, 2.05) is 0 Å². The van der Waals surface area contributed by atoms with Crippen LogP contribution in [0.5, 0.6) is 0 Å². The third-order valence-electron chi connectivity index (χ3n) is 2.60. The maximum atomic E-state index is 9.07. The smallest absolute Gasteiger partial charge is 0.325 e. The van der Waals surface area contributed by atoms with Crippen molar-refractivity contribution in [3.05, 3.63) is 12.2 Å². The lowest BCUT2D eigenvalue weighted by Gasteiger charge is -2.24. The fourth-order valence-corrected chi connectivity index (χ4v) is 1.83. The molecule has 0 bridgehead atoms. The standard InChI is InChI=1S/C8H14N4O3/c13-8(14,15)12-5-10-11-7(12)6-1-3-9-4-2-6/h5-6,9,13-15H,1-4H2. The predicted molar refractivity (Wildman–Crippen MR) is 49.5 cm³/mol. The minimum absolute atomic E-state index is 0.0968. The second-order valence-corrected chi connectivity index (χ2v) is 3.68. The van der Waals surface area contributed by atoms with Gasteiger partial charge in [-0.1, -0.05) is 0 Å². The second kappa shape index (κ2) is 3.86. The molecule has 0 radical (unpaired) electrons. The molecule has 0 aliphatic carbocycles. The Morgan fingerprint density at radius 3 is 2.60 bits per heavy atom. The van der Waals surface area contributed by atoms with Crippen molar-refractivity contribution in [3.63, 3.8) is 0 Å². The van der Waals surface area contributed by atoms with E-state index in [0.717, 1.165) is 36.8 Å². The summed E-state index contributed by atoms with van der Waals surface area (Å²) in [6, 6.07) is 0. The average molecular weight is 214 g/mol. The van der Waals surface area contributed by atoms with Gasteiger partial charge in [0.15, 0.2) is 0 Å². The highest BCUT2D eigenvalue weighted by molar-refractivity contribution is 4.99. The van der Waals surface area contributed by atoms with Crippen molar-refractivity contribution < 1.29 is 15.3 Å². The summed E-state index contributed by atoms with van der Waals surface area (Å²) in [6.45, 7) is 1.71. The van der Waals surface area contributed by atoms with E-state index >= 15 is 0 Å². The molecule has 1 aromatic heterocycles. The Bertz CT molecular complexity index is 327. The number of aromatic nitrogens is 3. The van der Waals surface area contributed by atoms with Gasteiger partial charge in [0.1, 0.15) is 12.2 Å². The Labute approximate surface area is 86.4 Å². The Morgan fingerprint density at radius 2 is 2.00 bits per heavy atom. The van der Waals surface area contributed by atoms with Crippen LogP contribution in [0.2, 0.25) is 0 Å². The van der Waals surface area contributed by atoms with Crippen molar-refractivity contribution in [2.75, 3.05) is 13.1 Å². The van der Waals surface area contributed by atoms with Gasteiger partial charge < -0.3 is 20.6 Å². The highest BCUT2D eigenvalue weighted by Gasteiger charge is 2.29. The molecule has 1 aliphatic rings. The Balaban J connectivity index is 2.24. The van der Waals surface area contributed by atoms with Crippen LogP contribution in [0, 0.1) is 0 Å². The third kappa shape index (κ3) is 2.15.